The van der Waals surface area contributed by atoms with E-state index in [1.807, 2.05) is 92.2 Å². The zero-order valence-electron chi connectivity index (χ0n) is 15.7. The predicted octanol–water partition coefficient (Wildman–Crippen LogP) is 4.95. The molecule has 134 valence electrons. The highest BCUT2D eigenvalue weighted by atomic mass is 16.1. The predicted molar refractivity (Wildman–Crippen MR) is 109 cm³/mol. The Morgan fingerprint density at radius 1 is 1.07 bits per heavy atom. The third kappa shape index (κ3) is 3.99. The number of amides is 1. The molecule has 3 rings (SSSR count). The van der Waals surface area contributed by atoms with Crippen LogP contribution in [0.15, 0.2) is 66.4 Å². The number of rotatable bonds is 4. The molecule has 0 saturated carbocycles. The third-order valence-electron chi connectivity index (χ3n) is 4.60. The minimum absolute atomic E-state index is 0.0705. The number of carbonyl (C=O) groups excluding carboxylic acids is 1. The number of aromatic nitrogens is 1. The van der Waals surface area contributed by atoms with Gasteiger partial charge >= 0.3 is 0 Å². The first-order valence-electron chi connectivity index (χ1n) is 8.73. The van der Waals surface area contributed by atoms with Gasteiger partial charge < -0.3 is 9.88 Å². The van der Waals surface area contributed by atoms with Gasteiger partial charge in [-0.05, 0) is 67.8 Å². The highest BCUT2D eigenvalue weighted by Gasteiger charge is 2.12. The number of benzene rings is 2. The van der Waals surface area contributed by atoms with Crippen LogP contribution in [0.3, 0.4) is 0 Å². The second-order valence-electron chi connectivity index (χ2n) is 6.49. The molecule has 0 bridgehead atoms. The van der Waals surface area contributed by atoms with Crippen LogP contribution in [0.1, 0.15) is 22.4 Å². The number of nitrogens with zero attached hydrogens (tertiary/aromatic N) is 2. The summed E-state index contributed by atoms with van der Waals surface area (Å²) in [5.41, 5.74) is 5.75. The molecule has 3 aromatic rings. The average Bonchev–Trinajstić information content (AvgIpc) is 3.04. The lowest BCUT2D eigenvalue weighted by Gasteiger charge is -2.09. The molecule has 0 aliphatic heterocycles. The molecule has 0 radical (unpaired) electrons. The smallest absolute Gasteiger partial charge is 0.266 e. The maximum Gasteiger partial charge on any atom is 0.266 e. The number of anilines is 1. The molecule has 4 heteroatoms. The highest BCUT2D eigenvalue weighted by molar-refractivity contribution is 6.10. The summed E-state index contributed by atoms with van der Waals surface area (Å²) >= 11 is 0. The van der Waals surface area contributed by atoms with Crippen molar-refractivity contribution < 1.29 is 4.79 Å². The maximum atomic E-state index is 12.6. The first-order valence-corrected chi connectivity index (χ1v) is 8.73. The second-order valence-corrected chi connectivity index (χ2v) is 6.49. The molecule has 0 unspecified atom stereocenters. The summed E-state index contributed by atoms with van der Waals surface area (Å²) in [5, 5.41) is 12.3. The van der Waals surface area contributed by atoms with Crippen LogP contribution in [-0.2, 0) is 4.79 Å². The summed E-state index contributed by atoms with van der Waals surface area (Å²) in [6, 6.07) is 19.6. The summed E-state index contributed by atoms with van der Waals surface area (Å²) in [4.78, 5) is 12.6. The lowest BCUT2D eigenvalue weighted by atomic mass is 10.1. The quantitative estimate of drug-likeness (QED) is 0.532. The fraction of sp³-hybridized carbons (Fsp3) is 0.130. The molecule has 2 aromatic carbocycles. The van der Waals surface area contributed by atoms with Crippen molar-refractivity contribution in [3.8, 4) is 11.8 Å². The zero-order chi connectivity index (χ0) is 19.4. The van der Waals surface area contributed by atoms with E-state index in [9.17, 15) is 10.1 Å². The summed E-state index contributed by atoms with van der Waals surface area (Å²) in [7, 11) is 0. The van der Waals surface area contributed by atoms with Gasteiger partial charge in [0.25, 0.3) is 5.91 Å². The Bertz CT molecular complexity index is 1050. The van der Waals surface area contributed by atoms with Gasteiger partial charge in [-0.15, -0.1) is 0 Å². The molecule has 1 heterocycles. The standard InChI is InChI=1S/C23H21N3O/c1-16-8-7-11-22(18(16)3)25-23(27)20(14-24)13-19-12-17(2)26(15-19)21-9-5-4-6-10-21/h4-13,15H,1-3H3,(H,25,27)/b20-13+. The summed E-state index contributed by atoms with van der Waals surface area (Å²) in [6.07, 6.45) is 3.54. The molecule has 0 aliphatic carbocycles. The van der Waals surface area contributed by atoms with Gasteiger partial charge in [0.15, 0.2) is 0 Å². The van der Waals surface area contributed by atoms with Gasteiger partial charge in [0.1, 0.15) is 11.6 Å². The van der Waals surface area contributed by atoms with Gasteiger partial charge in [-0.25, -0.2) is 0 Å². The van der Waals surface area contributed by atoms with Gasteiger partial charge in [0.2, 0.25) is 0 Å². The molecule has 0 aliphatic rings. The summed E-state index contributed by atoms with van der Waals surface area (Å²) in [6.45, 7) is 5.93. The van der Waals surface area contributed by atoms with Gasteiger partial charge in [-0.3, -0.25) is 4.79 Å². The van der Waals surface area contributed by atoms with Gasteiger partial charge in [-0.1, -0.05) is 30.3 Å². The Hall–Kier alpha value is -3.58. The van der Waals surface area contributed by atoms with Crippen molar-refractivity contribution in [1.82, 2.24) is 4.57 Å². The molecule has 0 fully saturated rings. The van der Waals surface area contributed by atoms with Crippen molar-refractivity contribution >= 4 is 17.7 Å². The second kappa shape index (κ2) is 7.76. The van der Waals surface area contributed by atoms with Crippen molar-refractivity contribution in [2.24, 2.45) is 0 Å². The van der Waals surface area contributed by atoms with E-state index in [-0.39, 0.29) is 5.57 Å². The normalized spacial score (nSPS) is 11.1. The molecule has 27 heavy (non-hydrogen) atoms. The number of hydrogen-bond acceptors (Lipinski definition) is 2. The molecule has 0 saturated heterocycles. The third-order valence-corrected chi connectivity index (χ3v) is 4.60. The van der Waals surface area contributed by atoms with Crippen LogP contribution in [0.2, 0.25) is 0 Å². The maximum absolute atomic E-state index is 12.6. The molecular weight excluding hydrogens is 334 g/mol. The first kappa shape index (κ1) is 18.2. The summed E-state index contributed by atoms with van der Waals surface area (Å²) in [5.74, 6) is -0.406. The van der Waals surface area contributed by atoms with Crippen LogP contribution in [0, 0.1) is 32.1 Å². The Labute approximate surface area is 159 Å². The van der Waals surface area contributed by atoms with E-state index in [0.29, 0.717) is 0 Å². The van der Waals surface area contributed by atoms with Crippen LogP contribution in [-0.4, -0.2) is 10.5 Å². The van der Waals surface area contributed by atoms with E-state index in [1.165, 1.54) is 0 Å². The van der Waals surface area contributed by atoms with E-state index >= 15 is 0 Å². The van der Waals surface area contributed by atoms with Gasteiger partial charge in [-0.2, -0.15) is 5.26 Å². The fourth-order valence-corrected chi connectivity index (χ4v) is 2.94. The van der Waals surface area contributed by atoms with E-state index in [2.05, 4.69) is 5.32 Å². The lowest BCUT2D eigenvalue weighted by molar-refractivity contribution is -0.112. The fourth-order valence-electron chi connectivity index (χ4n) is 2.94. The molecule has 0 spiro atoms. The van der Waals surface area contributed by atoms with Crippen LogP contribution in [0.4, 0.5) is 5.69 Å². The van der Waals surface area contributed by atoms with Gasteiger partial charge in [0.05, 0.1) is 0 Å². The van der Waals surface area contributed by atoms with Crippen LogP contribution >= 0.6 is 0 Å². The number of nitriles is 1. The van der Waals surface area contributed by atoms with Crippen molar-refractivity contribution in [3.05, 3.63) is 88.8 Å². The number of para-hydroxylation sites is 1. The minimum atomic E-state index is -0.406. The molecule has 1 aromatic heterocycles. The average molecular weight is 355 g/mol. The first-order chi connectivity index (χ1) is 13.0. The van der Waals surface area contributed by atoms with Crippen molar-refractivity contribution in [2.45, 2.75) is 20.8 Å². The lowest BCUT2D eigenvalue weighted by Crippen LogP contribution is -2.14. The number of hydrogen-bond donors (Lipinski definition) is 1. The van der Waals surface area contributed by atoms with Crippen molar-refractivity contribution in [1.29, 1.82) is 5.26 Å². The minimum Gasteiger partial charge on any atom is -0.321 e. The molecule has 4 nitrogen and oxygen atoms in total. The van der Waals surface area contributed by atoms with Crippen molar-refractivity contribution in [2.75, 3.05) is 5.32 Å². The number of aryl methyl sites for hydroxylation is 2. The van der Waals surface area contributed by atoms with Gasteiger partial charge in [0, 0.05) is 23.3 Å². The van der Waals surface area contributed by atoms with E-state index in [0.717, 1.165) is 33.8 Å². The van der Waals surface area contributed by atoms with Crippen LogP contribution < -0.4 is 5.32 Å². The Balaban J connectivity index is 1.87. The molecule has 1 amide bonds. The SMILES string of the molecule is Cc1cccc(NC(=O)/C(C#N)=C/c2cc(C)n(-c3ccccc3)c2)c1C. The Morgan fingerprint density at radius 2 is 1.81 bits per heavy atom. The number of nitrogens with one attached hydrogen (secondary N) is 1. The zero-order valence-corrected chi connectivity index (χ0v) is 15.7. The molecular formula is C23H21N3O. The topological polar surface area (TPSA) is 57.8 Å². The monoisotopic (exact) mass is 355 g/mol. The number of carbonyl (C=O) groups is 1. The van der Waals surface area contributed by atoms with E-state index in [1.54, 1.807) is 6.08 Å². The largest absolute Gasteiger partial charge is 0.321 e. The van der Waals surface area contributed by atoms with Crippen LogP contribution in [0.5, 0.6) is 0 Å². The van der Waals surface area contributed by atoms with Crippen molar-refractivity contribution in [3.63, 3.8) is 0 Å². The van der Waals surface area contributed by atoms with Crippen LogP contribution in [0.25, 0.3) is 11.8 Å². The molecule has 1 N–H and O–H groups in total. The highest BCUT2D eigenvalue weighted by Crippen LogP contribution is 2.20. The van der Waals surface area contributed by atoms with E-state index in [4.69, 9.17) is 0 Å². The van der Waals surface area contributed by atoms with E-state index < -0.39 is 5.91 Å². The summed E-state index contributed by atoms with van der Waals surface area (Å²) < 4.78 is 2.03. The Kier molecular flexibility index (Phi) is 5.23. The molecule has 0 atom stereocenters. The Morgan fingerprint density at radius 3 is 2.52 bits per heavy atom.